The minimum atomic E-state index is -0.263. The molecule has 154 valence electrons. The third kappa shape index (κ3) is 3.48. The molecule has 4 rings (SSSR count). The van der Waals surface area contributed by atoms with Gasteiger partial charge in [-0.05, 0) is 55.7 Å². The first-order chi connectivity index (χ1) is 14.5. The number of ether oxygens (including phenoxy) is 1. The normalized spacial score (nSPS) is 11.3. The van der Waals surface area contributed by atoms with E-state index >= 15 is 0 Å². The highest BCUT2D eigenvalue weighted by Crippen LogP contribution is 2.31. The van der Waals surface area contributed by atoms with Crippen LogP contribution in [0.15, 0.2) is 42.5 Å². The van der Waals surface area contributed by atoms with Gasteiger partial charge in [-0.1, -0.05) is 18.2 Å². The average molecular weight is 403 g/mol. The number of para-hydroxylation sites is 2. The number of fused-ring (bicyclic) bond motifs is 2. The van der Waals surface area contributed by atoms with Crippen LogP contribution in [0.2, 0.25) is 0 Å². The van der Waals surface area contributed by atoms with Crippen LogP contribution in [0.25, 0.3) is 27.9 Å². The standard InChI is InChI=1S/C23H25N5O2/c1-14-9-10-16(13-15(14)2)28-21(24)19(23(29)25-11-6-12-30-3)20-22(28)27-18-8-5-4-7-17(18)26-20/h4-5,7-10,13H,6,11-12,24H2,1-3H3,(H,25,29). The second-order valence-electron chi connectivity index (χ2n) is 7.35. The number of nitrogens with one attached hydrogen (secondary N) is 1. The Morgan fingerprint density at radius 1 is 1.10 bits per heavy atom. The summed E-state index contributed by atoms with van der Waals surface area (Å²) < 4.78 is 6.86. The minimum Gasteiger partial charge on any atom is -0.385 e. The van der Waals surface area contributed by atoms with Gasteiger partial charge in [0.15, 0.2) is 5.65 Å². The Hall–Kier alpha value is -3.45. The first-order valence-corrected chi connectivity index (χ1v) is 9.92. The summed E-state index contributed by atoms with van der Waals surface area (Å²) in [6.07, 6.45) is 0.715. The number of aryl methyl sites for hydroxylation is 2. The van der Waals surface area contributed by atoms with E-state index < -0.39 is 0 Å². The largest absolute Gasteiger partial charge is 0.385 e. The van der Waals surface area contributed by atoms with Crippen molar-refractivity contribution in [2.45, 2.75) is 20.3 Å². The maximum Gasteiger partial charge on any atom is 0.257 e. The lowest BCUT2D eigenvalue weighted by Crippen LogP contribution is -2.26. The Morgan fingerprint density at radius 3 is 2.53 bits per heavy atom. The topological polar surface area (TPSA) is 95.1 Å². The molecule has 30 heavy (non-hydrogen) atoms. The van der Waals surface area contributed by atoms with Crippen molar-refractivity contribution in [3.8, 4) is 5.69 Å². The predicted octanol–water partition coefficient (Wildman–Crippen LogP) is 3.54. The van der Waals surface area contributed by atoms with Gasteiger partial charge in [-0.3, -0.25) is 9.36 Å². The Morgan fingerprint density at radius 2 is 1.83 bits per heavy atom. The first-order valence-electron chi connectivity index (χ1n) is 9.92. The summed E-state index contributed by atoms with van der Waals surface area (Å²) in [6, 6.07) is 13.7. The van der Waals surface area contributed by atoms with Gasteiger partial charge in [-0.2, -0.15) is 0 Å². The van der Waals surface area contributed by atoms with Crippen LogP contribution in [0.1, 0.15) is 27.9 Å². The Labute approximate surface area is 174 Å². The number of aromatic nitrogens is 3. The molecule has 0 atom stereocenters. The summed E-state index contributed by atoms with van der Waals surface area (Å²) in [5.41, 5.74) is 12.6. The molecule has 2 aromatic carbocycles. The molecule has 0 aliphatic carbocycles. The van der Waals surface area contributed by atoms with E-state index in [0.717, 1.165) is 22.3 Å². The Bertz CT molecular complexity index is 1250. The van der Waals surface area contributed by atoms with Gasteiger partial charge in [0, 0.05) is 25.9 Å². The molecule has 0 unspecified atom stereocenters. The second-order valence-corrected chi connectivity index (χ2v) is 7.35. The van der Waals surface area contributed by atoms with Gasteiger partial charge in [0.2, 0.25) is 0 Å². The molecule has 0 spiro atoms. The van der Waals surface area contributed by atoms with Crippen molar-refractivity contribution in [2.75, 3.05) is 26.0 Å². The van der Waals surface area contributed by atoms with Gasteiger partial charge in [-0.25, -0.2) is 9.97 Å². The first kappa shape index (κ1) is 19.8. The van der Waals surface area contributed by atoms with Crippen LogP contribution in [0.4, 0.5) is 5.82 Å². The van der Waals surface area contributed by atoms with E-state index in [4.69, 9.17) is 20.4 Å². The van der Waals surface area contributed by atoms with Crippen molar-refractivity contribution < 1.29 is 9.53 Å². The number of hydrogen-bond acceptors (Lipinski definition) is 5. The third-order valence-electron chi connectivity index (χ3n) is 5.28. The van der Waals surface area contributed by atoms with E-state index in [1.165, 1.54) is 5.56 Å². The average Bonchev–Trinajstić information content (AvgIpc) is 3.02. The number of nitrogens with zero attached hydrogens (tertiary/aromatic N) is 3. The molecule has 0 saturated carbocycles. The zero-order valence-corrected chi connectivity index (χ0v) is 17.4. The van der Waals surface area contributed by atoms with Crippen LogP contribution in [0.3, 0.4) is 0 Å². The quantitative estimate of drug-likeness (QED) is 0.480. The molecule has 0 aliphatic rings. The van der Waals surface area contributed by atoms with Gasteiger partial charge in [0.1, 0.15) is 16.9 Å². The summed E-state index contributed by atoms with van der Waals surface area (Å²) in [5, 5.41) is 2.92. The van der Waals surface area contributed by atoms with Gasteiger partial charge < -0.3 is 15.8 Å². The van der Waals surface area contributed by atoms with Crippen molar-refractivity contribution in [1.29, 1.82) is 0 Å². The van der Waals surface area contributed by atoms with Crippen LogP contribution < -0.4 is 11.1 Å². The van der Waals surface area contributed by atoms with Crippen LogP contribution in [-0.4, -0.2) is 40.7 Å². The Kier molecular flexibility index (Phi) is 5.37. The number of nitrogen functional groups attached to an aromatic ring is 1. The fraction of sp³-hybridized carbons (Fsp3) is 0.261. The van der Waals surface area contributed by atoms with E-state index in [9.17, 15) is 4.79 Å². The SMILES string of the molecule is COCCCNC(=O)c1c(N)n(-c2ccc(C)c(C)c2)c2nc3ccccc3nc12. The highest BCUT2D eigenvalue weighted by atomic mass is 16.5. The second kappa shape index (κ2) is 8.12. The number of carbonyl (C=O) groups is 1. The number of nitrogens with two attached hydrogens (primary N) is 1. The van der Waals surface area contributed by atoms with E-state index in [1.807, 2.05) is 54.0 Å². The number of methoxy groups -OCH3 is 1. The molecule has 2 aromatic heterocycles. The number of hydrogen-bond donors (Lipinski definition) is 2. The summed E-state index contributed by atoms with van der Waals surface area (Å²) >= 11 is 0. The molecular weight excluding hydrogens is 378 g/mol. The summed E-state index contributed by atoms with van der Waals surface area (Å²) in [5.74, 6) is 0.0635. The van der Waals surface area contributed by atoms with E-state index in [1.54, 1.807) is 7.11 Å². The molecule has 2 heterocycles. The highest BCUT2D eigenvalue weighted by Gasteiger charge is 2.24. The van der Waals surface area contributed by atoms with Crippen LogP contribution in [0, 0.1) is 13.8 Å². The number of amides is 1. The lowest BCUT2D eigenvalue weighted by molar-refractivity contribution is 0.0951. The zero-order valence-electron chi connectivity index (χ0n) is 17.4. The van der Waals surface area contributed by atoms with E-state index in [2.05, 4.69) is 12.2 Å². The van der Waals surface area contributed by atoms with Gasteiger partial charge in [-0.15, -0.1) is 0 Å². The molecule has 0 bridgehead atoms. The van der Waals surface area contributed by atoms with Gasteiger partial charge in [0.25, 0.3) is 5.91 Å². The van der Waals surface area contributed by atoms with Crippen molar-refractivity contribution in [1.82, 2.24) is 19.9 Å². The minimum absolute atomic E-state index is 0.263. The fourth-order valence-electron chi connectivity index (χ4n) is 3.52. The molecule has 0 saturated heterocycles. The van der Waals surface area contributed by atoms with Crippen molar-refractivity contribution in [2.24, 2.45) is 0 Å². The molecule has 3 N–H and O–H groups in total. The molecule has 0 radical (unpaired) electrons. The Balaban J connectivity index is 1.92. The molecule has 4 aromatic rings. The molecule has 0 aliphatic heterocycles. The maximum atomic E-state index is 13.0. The van der Waals surface area contributed by atoms with Crippen molar-refractivity contribution >= 4 is 33.9 Å². The highest BCUT2D eigenvalue weighted by molar-refractivity contribution is 6.11. The zero-order chi connectivity index (χ0) is 21.3. The van der Waals surface area contributed by atoms with E-state index in [0.29, 0.717) is 42.1 Å². The van der Waals surface area contributed by atoms with E-state index in [-0.39, 0.29) is 5.91 Å². The summed E-state index contributed by atoms with van der Waals surface area (Å²) in [4.78, 5) is 22.6. The van der Waals surface area contributed by atoms with Gasteiger partial charge in [0.05, 0.1) is 11.0 Å². The molecule has 7 nitrogen and oxygen atoms in total. The summed E-state index contributed by atoms with van der Waals surface area (Å²) in [6.45, 7) is 5.17. The van der Waals surface area contributed by atoms with Crippen LogP contribution in [-0.2, 0) is 4.74 Å². The number of benzene rings is 2. The van der Waals surface area contributed by atoms with Crippen molar-refractivity contribution in [3.63, 3.8) is 0 Å². The fourth-order valence-corrected chi connectivity index (χ4v) is 3.52. The maximum absolute atomic E-state index is 13.0. The van der Waals surface area contributed by atoms with Crippen molar-refractivity contribution in [3.05, 3.63) is 59.2 Å². The molecule has 0 fully saturated rings. The van der Waals surface area contributed by atoms with Crippen LogP contribution >= 0.6 is 0 Å². The van der Waals surface area contributed by atoms with Gasteiger partial charge >= 0.3 is 0 Å². The summed E-state index contributed by atoms with van der Waals surface area (Å²) in [7, 11) is 1.64. The third-order valence-corrected chi connectivity index (χ3v) is 5.28. The smallest absolute Gasteiger partial charge is 0.257 e. The number of anilines is 1. The lowest BCUT2D eigenvalue weighted by atomic mass is 10.1. The molecular formula is C23H25N5O2. The van der Waals surface area contributed by atoms with Crippen LogP contribution in [0.5, 0.6) is 0 Å². The number of rotatable bonds is 6. The number of carbonyl (C=O) groups excluding carboxylic acids is 1. The predicted molar refractivity (Wildman–Crippen MR) is 119 cm³/mol. The lowest BCUT2D eigenvalue weighted by Gasteiger charge is -2.10. The molecule has 7 heteroatoms. The monoisotopic (exact) mass is 403 g/mol. The molecule has 1 amide bonds.